The van der Waals surface area contributed by atoms with Crippen LogP contribution in [0.4, 0.5) is 5.69 Å². The van der Waals surface area contributed by atoms with Gasteiger partial charge in [0.1, 0.15) is 17.4 Å². The van der Waals surface area contributed by atoms with Crippen LogP contribution < -0.4 is 15.4 Å². The van der Waals surface area contributed by atoms with Gasteiger partial charge in [0.05, 0.1) is 24.0 Å². The smallest absolute Gasteiger partial charge is 0.246 e. The number of unbranched alkanes of at least 4 members (excludes halogenated alkanes) is 1. The first-order valence-electron chi connectivity index (χ1n) is 13.2. The molecule has 9 heteroatoms. The fraction of sp³-hybridized carbons (Fsp3) is 0.667. The van der Waals surface area contributed by atoms with E-state index in [1.807, 2.05) is 27.7 Å². The fourth-order valence-corrected chi connectivity index (χ4v) is 6.44. The van der Waals surface area contributed by atoms with Gasteiger partial charge in [-0.05, 0) is 77.1 Å². The van der Waals surface area contributed by atoms with Gasteiger partial charge in [-0.1, -0.05) is 6.92 Å². The molecule has 3 N–H and O–H groups in total. The molecule has 0 radical (unpaired) electrons. The van der Waals surface area contributed by atoms with Crippen LogP contribution >= 0.6 is 0 Å². The van der Waals surface area contributed by atoms with E-state index in [0.29, 0.717) is 56.7 Å². The Morgan fingerprint density at radius 3 is 2.50 bits per heavy atom. The molecule has 2 bridgehead atoms. The molecule has 1 aromatic rings. The molecular weight excluding hydrogens is 462 g/mol. The predicted molar refractivity (Wildman–Crippen MR) is 134 cm³/mol. The van der Waals surface area contributed by atoms with Crippen molar-refractivity contribution in [1.29, 1.82) is 0 Å². The van der Waals surface area contributed by atoms with Crippen molar-refractivity contribution in [2.24, 2.45) is 11.8 Å². The number of likely N-dealkylation sites (tertiary alicyclic amines) is 1. The molecule has 3 aliphatic rings. The van der Waals surface area contributed by atoms with Crippen LogP contribution in [0.2, 0.25) is 0 Å². The Morgan fingerprint density at radius 2 is 1.89 bits per heavy atom. The number of carbonyl (C=O) groups is 3. The summed E-state index contributed by atoms with van der Waals surface area (Å²) in [5, 5.41) is 15.2. The van der Waals surface area contributed by atoms with Gasteiger partial charge in [0.25, 0.3) is 0 Å². The molecule has 3 fully saturated rings. The van der Waals surface area contributed by atoms with Crippen LogP contribution in [0.5, 0.6) is 5.75 Å². The SMILES string of the molecule is CCOc1ccc(NC(=O)[C@@H]2[C@H]3C(=O)N(CCCCO)C(C(=O)NC(C)C)C34CC[C@@]2(CC)O4)cc1. The van der Waals surface area contributed by atoms with Crippen molar-refractivity contribution >= 4 is 23.4 Å². The third-order valence-electron chi connectivity index (χ3n) is 7.88. The van der Waals surface area contributed by atoms with Gasteiger partial charge in [0.15, 0.2) is 0 Å². The largest absolute Gasteiger partial charge is 0.494 e. The van der Waals surface area contributed by atoms with E-state index in [0.717, 1.165) is 0 Å². The zero-order valence-electron chi connectivity index (χ0n) is 21.7. The predicted octanol–water partition coefficient (Wildman–Crippen LogP) is 2.48. The monoisotopic (exact) mass is 501 g/mol. The average Bonchev–Trinajstić information content (AvgIpc) is 3.44. The van der Waals surface area contributed by atoms with E-state index >= 15 is 0 Å². The number of ether oxygens (including phenoxy) is 2. The standard InChI is InChI=1S/C27H39N3O6/c1-5-26-13-14-27(36-26)21(20(26)23(32)29-18-9-11-19(12-10-18)35-6-2)25(34)30(15-7-8-16-31)22(27)24(33)28-17(3)4/h9-12,17,20-22,31H,5-8,13-16H2,1-4H3,(H,28,33)(H,29,32)/t20-,21-,22?,26+,27?/m0/s1. The number of rotatable bonds is 11. The van der Waals surface area contributed by atoms with Crippen molar-refractivity contribution in [3.8, 4) is 5.75 Å². The molecule has 5 atom stereocenters. The zero-order valence-corrected chi connectivity index (χ0v) is 21.7. The van der Waals surface area contributed by atoms with E-state index in [1.54, 1.807) is 29.2 Å². The second-order valence-electron chi connectivity index (χ2n) is 10.4. The van der Waals surface area contributed by atoms with Gasteiger partial charge in [-0.2, -0.15) is 0 Å². The Labute approximate surface area is 212 Å². The van der Waals surface area contributed by atoms with Gasteiger partial charge >= 0.3 is 0 Å². The normalized spacial score (nSPS) is 30.6. The molecule has 4 rings (SSSR count). The number of nitrogens with one attached hydrogen (secondary N) is 2. The highest BCUT2D eigenvalue weighted by molar-refractivity contribution is 6.02. The molecule has 0 aromatic heterocycles. The number of nitrogens with zero attached hydrogens (tertiary/aromatic N) is 1. The van der Waals surface area contributed by atoms with Crippen LogP contribution in [0, 0.1) is 11.8 Å². The third kappa shape index (κ3) is 4.36. The molecule has 1 spiro atoms. The number of hydrogen-bond acceptors (Lipinski definition) is 6. The van der Waals surface area contributed by atoms with Gasteiger partial charge in [0, 0.05) is 24.9 Å². The molecule has 198 valence electrons. The van der Waals surface area contributed by atoms with E-state index in [9.17, 15) is 19.5 Å². The average molecular weight is 502 g/mol. The Kier molecular flexibility index (Phi) is 7.61. The van der Waals surface area contributed by atoms with Crippen LogP contribution in [0.3, 0.4) is 0 Å². The minimum absolute atomic E-state index is 0.0159. The lowest BCUT2D eigenvalue weighted by Crippen LogP contribution is -2.56. The molecule has 3 heterocycles. The second-order valence-corrected chi connectivity index (χ2v) is 10.4. The van der Waals surface area contributed by atoms with Gasteiger partial charge < -0.3 is 30.1 Å². The van der Waals surface area contributed by atoms with Crippen molar-refractivity contribution in [3.63, 3.8) is 0 Å². The highest BCUT2D eigenvalue weighted by Crippen LogP contribution is 2.64. The Morgan fingerprint density at radius 1 is 1.17 bits per heavy atom. The number of fused-ring (bicyclic) bond motifs is 1. The number of hydrogen-bond donors (Lipinski definition) is 3. The van der Waals surface area contributed by atoms with E-state index < -0.39 is 29.1 Å². The lowest BCUT2D eigenvalue weighted by atomic mass is 9.65. The molecule has 0 aliphatic carbocycles. The van der Waals surface area contributed by atoms with Crippen molar-refractivity contribution in [2.75, 3.05) is 25.1 Å². The topological polar surface area (TPSA) is 117 Å². The highest BCUT2D eigenvalue weighted by Gasteiger charge is 2.78. The maximum atomic E-state index is 13.9. The van der Waals surface area contributed by atoms with Crippen molar-refractivity contribution in [2.45, 2.75) is 83.1 Å². The zero-order chi connectivity index (χ0) is 26.1. The number of carbonyl (C=O) groups excluding carboxylic acids is 3. The number of amides is 3. The third-order valence-corrected chi connectivity index (χ3v) is 7.88. The molecule has 1 aromatic carbocycles. The lowest BCUT2D eigenvalue weighted by molar-refractivity contribution is -0.146. The lowest BCUT2D eigenvalue weighted by Gasteiger charge is -2.34. The van der Waals surface area contributed by atoms with Crippen molar-refractivity contribution < 1.29 is 29.0 Å². The Hall–Kier alpha value is -2.65. The fourth-order valence-electron chi connectivity index (χ4n) is 6.44. The highest BCUT2D eigenvalue weighted by atomic mass is 16.5. The number of aliphatic hydroxyl groups is 1. The molecular formula is C27H39N3O6. The Balaban J connectivity index is 1.66. The van der Waals surface area contributed by atoms with Crippen molar-refractivity contribution in [1.82, 2.24) is 10.2 Å². The van der Waals surface area contributed by atoms with Crippen LogP contribution in [-0.4, -0.2) is 70.8 Å². The summed E-state index contributed by atoms with van der Waals surface area (Å²) in [7, 11) is 0. The molecule has 3 aliphatic heterocycles. The van der Waals surface area contributed by atoms with E-state index in [4.69, 9.17) is 9.47 Å². The summed E-state index contributed by atoms with van der Waals surface area (Å²) < 4.78 is 12.2. The molecule has 9 nitrogen and oxygen atoms in total. The number of anilines is 1. The summed E-state index contributed by atoms with van der Waals surface area (Å²) in [5.74, 6) is -1.44. The van der Waals surface area contributed by atoms with E-state index in [2.05, 4.69) is 10.6 Å². The summed E-state index contributed by atoms with van der Waals surface area (Å²) in [6, 6.07) is 6.25. The maximum absolute atomic E-state index is 13.9. The molecule has 0 saturated carbocycles. The van der Waals surface area contributed by atoms with E-state index in [1.165, 1.54) is 0 Å². The minimum atomic E-state index is -1.04. The first kappa shape index (κ1) is 26.4. The van der Waals surface area contributed by atoms with Gasteiger partial charge in [0.2, 0.25) is 17.7 Å². The summed E-state index contributed by atoms with van der Waals surface area (Å²) >= 11 is 0. The Bertz CT molecular complexity index is 982. The van der Waals surface area contributed by atoms with Gasteiger partial charge in [-0.15, -0.1) is 0 Å². The molecule has 2 unspecified atom stereocenters. The van der Waals surface area contributed by atoms with Crippen LogP contribution in [0.25, 0.3) is 0 Å². The summed E-state index contributed by atoms with van der Waals surface area (Å²) in [4.78, 5) is 42.7. The second kappa shape index (κ2) is 10.4. The summed E-state index contributed by atoms with van der Waals surface area (Å²) in [6.07, 6.45) is 2.84. The van der Waals surface area contributed by atoms with Gasteiger partial charge in [-0.3, -0.25) is 14.4 Å². The van der Waals surface area contributed by atoms with Crippen LogP contribution in [0.15, 0.2) is 24.3 Å². The van der Waals surface area contributed by atoms with Gasteiger partial charge in [-0.25, -0.2) is 0 Å². The molecule has 36 heavy (non-hydrogen) atoms. The van der Waals surface area contributed by atoms with Crippen LogP contribution in [0.1, 0.15) is 59.8 Å². The first-order valence-corrected chi connectivity index (χ1v) is 13.2. The number of benzene rings is 1. The molecule has 3 amide bonds. The minimum Gasteiger partial charge on any atom is -0.494 e. The molecule has 3 saturated heterocycles. The first-order chi connectivity index (χ1) is 17.2. The van der Waals surface area contributed by atoms with Crippen molar-refractivity contribution in [3.05, 3.63) is 24.3 Å². The maximum Gasteiger partial charge on any atom is 0.246 e. The summed E-state index contributed by atoms with van der Waals surface area (Å²) in [5.41, 5.74) is -1.21. The quantitative estimate of drug-likeness (QED) is 0.401. The van der Waals surface area contributed by atoms with Crippen LogP contribution in [-0.2, 0) is 19.1 Å². The number of aliphatic hydroxyl groups excluding tert-OH is 1. The summed E-state index contributed by atoms with van der Waals surface area (Å²) in [6.45, 7) is 8.55. The van der Waals surface area contributed by atoms with E-state index in [-0.39, 0.29) is 30.4 Å².